The first kappa shape index (κ1) is 78.1. The van der Waals surface area contributed by atoms with Gasteiger partial charge in [-0.15, -0.1) is 0 Å². The minimum absolute atomic E-state index is 0.557. The molecule has 7 aromatic heterocycles. The molecule has 0 radical (unpaired) electrons. The first-order valence-electron chi connectivity index (χ1n) is 47.2. The van der Waals surface area contributed by atoms with Crippen LogP contribution in [0.4, 0.5) is 0 Å². The van der Waals surface area contributed by atoms with Crippen LogP contribution in [0, 0.1) is 0 Å². The van der Waals surface area contributed by atoms with Crippen molar-refractivity contribution < 1.29 is 0 Å². The number of benzene rings is 21. The zero-order valence-electron chi connectivity index (χ0n) is 74.8. The van der Waals surface area contributed by atoms with Crippen LogP contribution in [-0.4, -0.2) is 42.4 Å². The highest BCUT2D eigenvalue weighted by Gasteiger charge is 2.25. The summed E-state index contributed by atoms with van der Waals surface area (Å²) in [4.78, 5) is 16.6. The number of nitrogens with zero attached hydrogens (tertiary/aromatic N) is 9. The number of hydrogen-bond acceptors (Lipinski definition) is 3. The first-order chi connectivity index (χ1) is 68.4. The molecule has 642 valence electrons. The molecule has 28 rings (SSSR count). The molecular weight excluding hydrogens is 1680 g/mol. The number of para-hydroxylation sites is 8. The number of fused-ring (bicyclic) bond motifs is 18. The van der Waals surface area contributed by atoms with Gasteiger partial charge in [0.05, 0.1) is 66.2 Å². The summed E-state index contributed by atoms with van der Waals surface area (Å²) < 4.78 is 14.4. The Kier molecular flexibility index (Phi) is 17.9. The Morgan fingerprint density at radius 1 is 0.109 bits per heavy atom. The van der Waals surface area contributed by atoms with Crippen LogP contribution in [-0.2, 0) is 0 Å². The molecule has 0 atom stereocenters. The topological polar surface area (TPSA) is 68.2 Å². The van der Waals surface area contributed by atoms with Crippen LogP contribution in [0.2, 0.25) is 0 Å². The Hall–Kier alpha value is -18.6. The van der Waals surface area contributed by atoms with Gasteiger partial charge < -0.3 is 27.4 Å². The summed E-state index contributed by atoms with van der Waals surface area (Å²) in [6.45, 7) is 0. The highest BCUT2D eigenvalue weighted by Crippen LogP contribution is 2.47. The SMILES string of the molecule is c1ccc(-c2ccccc2-c2cccc(-c3nc(-c4ccc(-n5c6ccc(-c7ccc8c(c7)c7ccccc7n8-c7ccccc7)cc6c6cc(-c7ccc8c(c7)c7ccccc7n8-c7ccccc7)ccc65)cc4)nc(-c4ccc(-n5c6ccc(-c7ccc8c(c7)c7ccccc7n8-c7ccccc7)cc6c6cc(-c7ccc8c(c7)c7ccccc7n8-c7ccccc7)ccc65)cc4)n3)c2)cc1. The second kappa shape index (κ2) is 31.6. The van der Waals surface area contributed by atoms with Crippen LogP contribution in [0.25, 0.3) is 266 Å². The maximum atomic E-state index is 5.54. The van der Waals surface area contributed by atoms with E-state index in [9.17, 15) is 0 Å². The molecule has 0 aliphatic rings. The summed E-state index contributed by atoms with van der Waals surface area (Å²) in [5, 5.41) is 14.3. The van der Waals surface area contributed by atoms with E-state index in [-0.39, 0.29) is 0 Å². The lowest BCUT2D eigenvalue weighted by molar-refractivity contribution is 1.07. The summed E-state index contributed by atoms with van der Waals surface area (Å²) >= 11 is 0. The minimum atomic E-state index is 0.557. The van der Waals surface area contributed by atoms with Gasteiger partial charge in [0.1, 0.15) is 0 Å². The lowest BCUT2D eigenvalue weighted by Gasteiger charge is -2.13. The van der Waals surface area contributed by atoms with Gasteiger partial charge in [0.2, 0.25) is 0 Å². The maximum absolute atomic E-state index is 5.54. The molecule has 28 aromatic rings. The Morgan fingerprint density at radius 3 is 0.572 bits per heavy atom. The van der Waals surface area contributed by atoms with Crippen LogP contribution in [0.3, 0.4) is 0 Å². The quantitative estimate of drug-likeness (QED) is 0.103. The number of rotatable bonds is 15. The Bertz CT molecular complexity index is 8880. The third-order valence-electron chi connectivity index (χ3n) is 28.5. The van der Waals surface area contributed by atoms with Gasteiger partial charge in [0.25, 0.3) is 0 Å². The highest BCUT2D eigenvalue weighted by molar-refractivity contribution is 6.18. The van der Waals surface area contributed by atoms with Gasteiger partial charge in [0, 0.05) is 115 Å². The molecule has 0 aliphatic heterocycles. The van der Waals surface area contributed by atoms with Crippen molar-refractivity contribution in [2.75, 3.05) is 0 Å². The van der Waals surface area contributed by atoms with Crippen LogP contribution >= 0.6 is 0 Å². The maximum Gasteiger partial charge on any atom is 0.164 e. The fourth-order valence-electron chi connectivity index (χ4n) is 22.1. The van der Waals surface area contributed by atoms with Crippen LogP contribution < -0.4 is 0 Å². The zero-order valence-corrected chi connectivity index (χ0v) is 74.8. The predicted octanol–water partition coefficient (Wildman–Crippen LogP) is 33.5. The molecule has 7 heterocycles. The molecule has 0 fully saturated rings. The van der Waals surface area contributed by atoms with Crippen molar-refractivity contribution in [1.82, 2.24) is 42.4 Å². The molecule has 0 spiro atoms. The van der Waals surface area contributed by atoms with Gasteiger partial charge >= 0.3 is 0 Å². The standard InChI is InChI=1S/C129H81N9/c1-6-27-82(28-7-1)101-39-16-17-40-102(101)93-29-26-30-94(73-93)129-131-127(83-49-61-99(62-50-83)137-123-69-57-89(85-53-65-119-107(74-85)103-41-18-22-45-115(103)133(119)95-31-8-2-9-32-95)78-111(123)112-79-90(58-70-124(112)137)86-54-66-120-108(75-86)104-42-19-23-46-116(104)134(120)96-33-10-3-11-34-96)130-128(132-129)84-51-63-100(64-52-84)138-125-71-59-91(87-55-67-121-109(76-87)105-43-20-24-47-117(105)135(121)97-35-12-4-13-36-97)80-113(125)114-81-92(60-72-126(114)138)88-56-68-122-110(77-88)106-44-21-25-48-118(106)136(122)98-37-14-5-15-38-98/h1-81H. The third kappa shape index (κ3) is 12.7. The minimum Gasteiger partial charge on any atom is -0.309 e. The lowest BCUT2D eigenvalue weighted by Crippen LogP contribution is -2.01. The van der Waals surface area contributed by atoms with Crippen LogP contribution in [0.1, 0.15) is 0 Å². The van der Waals surface area contributed by atoms with Gasteiger partial charge in [-0.2, -0.15) is 0 Å². The van der Waals surface area contributed by atoms with Crippen molar-refractivity contribution in [3.05, 3.63) is 491 Å². The number of hydrogen-bond donors (Lipinski definition) is 0. The summed E-state index contributed by atoms with van der Waals surface area (Å²) in [5.41, 5.74) is 36.5. The predicted molar refractivity (Wildman–Crippen MR) is 575 cm³/mol. The normalized spacial score (nSPS) is 11.9. The van der Waals surface area contributed by atoms with Crippen molar-refractivity contribution in [2.45, 2.75) is 0 Å². The fraction of sp³-hybridized carbons (Fsp3) is 0. The van der Waals surface area contributed by atoms with E-state index >= 15 is 0 Å². The summed E-state index contributed by atoms with van der Waals surface area (Å²) in [7, 11) is 0. The molecular formula is C129H81N9. The monoisotopic (exact) mass is 1760 g/mol. The largest absolute Gasteiger partial charge is 0.309 e. The van der Waals surface area contributed by atoms with Gasteiger partial charge in [-0.25, -0.2) is 15.0 Å². The van der Waals surface area contributed by atoms with Gasteiger partial charge in [-0.05, 0) is 291 Å². The van der Waals surface area contributed by atoms with Crippen LogP contribution in [0.15, 0.2) is 491 Å². The molecule has 0 amide bonds. The molecule has 0 aliphatic carbocycles. The summed E-state index contributed by atoms with van der Waals surface area (Å²) in [6.07, 6.45) is 0. The molecule has 0 saturated heterocycles. The molecule has 9 heteroatoms. The molecule has 0 N–H and O–H groups in total. The van der Waals surface area contributed by atoms with Crippen molar-refractivity contribution >= 4 is 131 Å². The molecule has 0 saturated carbocycles. The van der Waals surface area contributed by atoms with E-state index in [1.165, 1.54) is 87.2 Å². The first-order valence-corrected chi connectivity index (χ1v) is 47.2. The van der Waals surface area contributed by atoms with Gasteiger partial charge in [-0.3, -0.25) is 0 Å². The van der Waals surface area contributed by atoms with Crippen molar-refractivity contribution in [3.8, 4) is 135 Å². The van der Waals surface area contributed by atoms with Crippen LogP contribution in [0.5, 0.6) is 0 Å². The van der Waals surface area contributed by atoms with Crippen molar-refractivity contribution in [3.63, 3.8) is 0 Å². The van der Waals surface area contributed by atoms with Gasteiger partial charge in [0.15, 0.2) is 17.5 Å². The molecule has 0 unspecified atom stereocenters. The highest BCUT2D eigenvalue weighted by atomic mass is 15.0. The third-order valence-corrected chi connectivity index (χ3v) is 28.5. The smallest absolute Gasteiger partial charge is 0.164 e. The molecule has 9 nitrogen and oxygen atoms in total. The van der Waals surface area contributed by atoms with Gasteiger partial charge in [-0.1, -0.05) is 267 Å². The average Bonchev–Trinajstić information content (AvgIpc) is 1.59. The Morgan fingerprint density at radius 2 is 0.297 bits per heavy atom. The van der Waals surface area contributed by atoms with E-state index in [2.05, 4.69) is 519 Å². The van der Waals surface area contributed by atoms with Crippen molar-refractivity contribution in [1.29, 1.82) is 0 Å². The van der Waals surface area contributed by atoms with Crippen molar-refractivity contribution in [2.24, 2.45) is 0 Å². The average molecular weight is 1760 g/mol. The molecule has 138 heavy (non-hydrogen) atoms. The van der Waals surface area contributed by atoms with E-state index in [0.717, 1.165) is 161 Å². The van der Waals surface area contributed by atoms with E-state index < -0.39 is 0 Å². The molecule has 0 bridgehead atoms. The Balaban J connectivity index is 0.585. The number of aromatic nitrogens is 9. The molecule has 21 aromatic carbocycles. The second-order valence-electron chi connectivity index (χ2n) is 36.2. The van der Waals surface area contributed by atoms with E-state index in [1.807, 2.05) is 0 Å². The zero-order chi connectivity index (χ0) is 90.6. The second-order valence-corrected chi connectivity index (χ2v) is 36.2. The lowest BCUT2D eigenvalue weighted by atomic mass is 9.94. The Labute approximate surface area is 794 Å². The fourth-order valence-corrected chi connectivity index (χ4v) is 22.1. The summed E-state index contributed by atoms with van der Waals surface area (Å²) in [6, 6.07) is 180. The van der Waals surface area contributed by atoms with E-state index in [4.69, 9.17) is 15.0 Å². The summed E-state index contributed by atoms with van der Waals surface area (Å²) in [5.74, 6) is 1.68. The van der Waals surface area contributed by atoms with E-state index in [1.54, 1.807) is 0 Å². The van der Waals surface area contributed by atoms with E-state index in [0.29, 0.717) is 17.5 Å².